The van der Waals surface area contributed by atoms with Gasteiger partial charge in [0.25, 0.3) is 0 Å². The average molecular weight is 545 g/mol. The number of amides is 1. The van der Waals surface area contributed by atoms with Crippen LogP contribution in [0.25, 0.3) is 0 Å². The highest BCUT2D eigenvalue weighted by Crippen LogP contribution is 2.59. The SMILES string of the molecule is CO[C@H]1C([C@@]2(C)O[C@@H]2CC=C(C)C)[C@]2(CC[C@H]1OC(=O)N[C@H](c1cn(C[C@@H]3CCCN3C)cn1)C(C)C)CO2. The lowest BCUT2D eigenvalue weighted by Crippen LogP contribution is -2.56. The van der Waals surface area contributed by atoms with Crippen molar-refractivity contribution in [1.29, 1.82) is 0 Å². The van der Waals surface area contributed by atoms with Crippen molar-refractivity contribution in [2.45, 2.75) is 115 Å². The van der Waals surface area contributed by atoms with Crippen LogP contribution in [0.1, 0.15) is 78.5 Å². The number of allylic oxidation sites excluding steroid dienone is 1. The number of methoxy groups -OCH3 is 1. The Morgan fingerprint density at radius 1 is 1.33 bits per heavy atom. The summed E-state index contributed by atoms with van der Waals surface area (Å²) < 4.78 is 26.6. The van der Waals surface area contributed by atoms with Crippen molar-refractivity contribution in [1.82, 2.24) is 19.8 Å². The standard InChI is InChI=1S/C30H48N4O5/c1-19(2)10-11-24-29(5,39-24)27-26(36-7)23(12-13-30(27)17-37-30)38-28(35)32-25(20(3)4)22-16-34(18-31-22)15-21-9-8-14-33(21)6/h10,16,18,20-21,23-27H,8-9,11-15,17H2,1-7H3,(H,32,35)/t21-,23+,24+,25-,26+,27?,29-,30-/m0/s1. The normalized spacial score (nSPS) is 36.7. The molecule has 1 amide bonds. The van der Waals surface area contributed by atoms with Crippen LogP contribution in [0.5, 0.6) is 0 Å². The lowest BCUT2D eigenvalue weighted by molar-refractivity contribution is -0.118. The highest BCUT2D eigenvalue weighted by Gasteiger charge is 2.72. The molecule has 0 aromatic carbocycles. The number of aromatic nitrogens is 2. The zero-order chi connectivity index (χ0) is 27.9. The third-order valence-corrected chi connectivity index (χ3v) is 9.50. The van der Waals surface area contributed by atoms with Gasteiger partial charge in [0.2, 0.25) is 0 Å². The molecule has 39 heavy (non-hydrogen) atoms. The van der Waals surface area contributed by atoms with E-state index >= 15 is 0 Å². The lowest BCUT2D eigenvalue weighted by atomic mass is 9.68. The van der Waals surface area contributed by atoms with Crippen LogP contribution in [-0.2, 0) is 25.5 Å². The third kappa shape index (κ3) is 5.92. The van der Waals surface area contributed by atoms with Crippen molar-refractivity contribution in [2.24, 2.45) is 11.8 Å². The number of epoxide rings is 2. The highest BCUT2D eigenvalue weighted by atomic mass is 16.6. The molecule has 3 saturated heterocycles. The average Bonchev–Trinajstić information content (AvgIpc) is 3.67. The Morgan fingerprint density at radius 3 is 2.72 bits per heavy atom. The fraction of sp³-hybridized carbons (Fsp3) is 0.800. The largest absolute Gasteiger partial charge is 0.443 e. The van der Waals surface area contributed by atoms with Gasteiger partial charge in [-0.2, -0.15) is 0 Å². The lowest BCUT2D eigenvalue weighted by Gasteiger charge is -2.42. The van der Waals surface area contributed by atoms with Crippen LogP contribution < -0.4 is 5.32 Å². The Balaban J connectivity index is 1.24. The molecular formula is C30H48N4O5. The summed E-state index contributed by atoms with van der Waals surface area (Å²) in [6.45, 7) is 13.3. The number of carbonyl (C=O) groups is 1. The second-order valence-corrected chi connectivity index (χ2v) is 13.0. The molecule has 1 N–H and O–H groups in total. The van der Waals surface area contributed by atoms with E-state index < -0.39 is 6.09 Å². The highest BCUT2D eigenvalue weighted by molar-refractivity contribution is 5.68. The number of hydrogen-bond donors (Lipinski definition) is 1. The van der Waals surface area contributed by atoms with Gasteiger partial charge in [-0.3, -0.25) is 0 Å². The Hall–Kier alpha value is -1.94. The zero-order valence-electron chi connectivity index (χ0n) is 24.8. The predicted octanol–water partition coefficient (Wildman–Crippen LogP) is 4.48. The van der Waals surface area contributed by atoms with Gasteiger partial charge in [0.1, 0.15) is 23.4 Å². The van der Waals surface area contributed by atoms with E-state index in [1.54, 1.807) is 7.11 Å². The predicted molar refractivity (Wildman–Crippen MR) is 148 cm³/mol. The molecule has 1 aromatic rings. The van der Waals surface area contributed by atoms with Crippen LogP contribution >= 0.6 is 0 Å². The number of likely N-dealkylation sites (tertiary alicyclic amines) is 1. The summed E-state index contributed by atoms with van der Waals surface area (Å²) in [5.41, 5.74) is 1.54. The Morgan fingerprint density at radius 2 is 2.10 bits per heavy atom. The number of hydrogen-bond acceptors (Lipinski definition) is 7. The zero-order valence-corrected chi connectivity index (χ0v) is 24.8. The second-order valence-electron chi connectivity index (χ2n) is 13.0. The van der Waals surface area contributed by atoms with Gasteiger partial charge in [-0.25, -0.2) is 9.78 Å². The number of rotatable bonds is 10. The van der Waals surface area contributed by atoms with Crippen molar-refractivity contribution in [3.05, 3.63) is 29.9 Å². The molecule has 4 heterocycles. The molecule has 0 bridgehead atoms. The van der Waals surface area contributed by atoms with E-state index in [0.29, 0.717) is 19.1 Å². The minimum Gasteiger partial charge on any atom is -0.443 e. The van der Waals surface area contributed by atoms with Crippen LogP contribution in [0.3, 0.4) is 0 Å². The number of ether oxygens (including phenoxy) is 4. The van der Waals surface area contributed by atoms with Gasteiger partial charge < -0.3 is 33.7 Å². The fourth-order valence-electron chi connectivity index (χ4n) is 7.04. The smallest absolute Gasteiger partial charge is 0.408 e. The van der Waals surface area contributed by atoms with Gasteiger partial charge >= 0.3 is 6.09 Å². The Bertz CT molecular complexity index is 1050. The van der Waals surface area contributed by atoms with Gasteiger partial charge in [0.05, 0.1) is 36.7 Å². The van der Waals surface area contributed by atoms with E-state index in [1.165, 1.54) is 18.4 Å². The summed E-state index contributed by atoms with van der Waals surface area (Å²) in [4.78, 5) is 20.4. The summed E-state index contributed by atoms with van der Waals surface area (Å²) in [6, 6.07) is 0.293. The minimum atomic E-state index is -0.430. The Kier molecular flexibility index (Phi) is 8.17. The summed E-state index contributed by atoms with van der Waals surface area (Å²) in [7, 11) is 3.89. The van der Waals surface area contributed by atoms with Crippen molar-refractivity contribution in [3.8, 4) is 0 Å². The molecule has 218 valence electrons. The van der Waals surface area contributed by atoms with Crippen LogP contribution in [-0.4, -0.2) is 83.4 Å². The monoisotopic (exact) mass is 544 g/mol. The van der Waals surface area contributed by atoms with Gasteiger partial charge in [-0.1, -0.05) is 25.5 Å². The first-order chi connectivity index (χ1) is 18.6. The van der Waals surface area contributed by atoms with E-state index in [4.69, 9.17) is 18.9 Å². The molecule has 8 atom stereocenters. The van der Waals surface area contributed by atoms with E-state index in [2.05, 4.69) is 73.7 Å². The topological polar surface area (TPSA) is 93.7 Å². The molecule has 1 saturated carbocycles. The number of alkyl carbamates (subject to hydrolysis) is 1. The molecule has 1 aromatic heterocycles. The molecule has 0 radical (unpaired) electrons. The molecular weight excluding hydrogens is 496 g/mol. The number of nitrogens with zero attached hydrogens (tertiary/aromatic N) is 3. The molecule has 1 spiro atoms. The van der Waals surface area contributed by atoms with Crippen molar-refractivity contribution in [2.75, 3.05) is 27.3 Å². The van der Waals surface area contributed by atoms with Crippen LogP contribution in [0.4, 0.5) is 4.79 Å². The molecule has 4 fully saturated rings. The van der Waals surface area contributed by atoms with Crippen molar-refractivity contribution >= 4 is 6.09 Å². The van der Waals surface area contributed by atoms with E-state index in [1.807, 2.05) is 6.33 Å². The number of imidazole rings is 1. The van der Waals surface area contributed by atoms with Crippen molar-refractivity contribution < 1.29 is 23.7 Å². The molecule has 1 unspecified atom stereocenters. The molecule has 3 aliphatic heterocycles. The maximum atomic E-state index is 13.3. The Labute approximate surface area is 233 Å². The summed E-state index contributed by atoms with van der Waals surface area (Å²) in [5, 5.41) is 3.11. The van der Waals surface area contributed by atoms with Crippen LogP contribution in [0.15, 0.2) is 24.2 Å². The van der Waals surface area contributed by atoms with Gasteiger partial charge in [-0.05, 0) is 72.4 Å². The van der Waals surface area contributed by atoms with Gasteiger partial charge in [0.15, 0.2) is 0 Å². The first kappa shape index (κ1) is 28.6. The van der Waals surface area contributed by atoms with Crippen molar-refractivity contribution in [3.63, 3.8) is 0 Å². The number of nitrogens with one attached hydrogen (secondary N) is 1. The molecule has 9 nitrogen and oxygen atoms in total. The summed E-state index contributed by atoms with van der Waals surface area (Å²) in [5.74, 6) is 0.160. The van der Waals surface area contributed by atoms with E-state index in [0.717, 1.165) is 31.6 Å². The maximum absolute atomic E-state index is 13.3. The van der Waals surface area contributed by atoms with Crippen LogP contribution in [0, 0.1) is 11.8 Å². The molecule has 9 heteroatoms. The van der Waals surface area contributed by atoms with Crippen LogP contribution in [0.2, 0.25) is 0 Å². The minimum absolute atomic E-state index is 0.00225. The molecule has 4 aliphatic rings. The third-order valence-electron chi connectivity index (χ3n) is 9.50. The van der Waals surface area contributed by atoms with Gasteiger partial charge in [0, 0.05) is 25.9 Å². The summed E-state index contributed by atoms with van der Waals surface area (Å²) >= 11 is 0. The molecule has 1 aliphatic carbocycles. The van der Waals surface area contributed by atoms with E-state index in [-0.39, 0.29) is 47.4 Å². The van der Waals surface area contributed by atoms with Gasteiger partial charge in [-0.15, -0.1) is 0 Å². The summed E-state index contributed by atoms with van der Waals surface area (Å²) in [6.07, 6.45) is 10.0. The quantitative estimate of drug-likeness (QED) is 0.343. The number of likely N-dealkylation sites (N-methyl/N-ethyl adjacent to an activating group) is 1. The van der Waals surface area contributed by atoms with E-state index in [9.17, 15) is 4.79 Å². The first-order valence-electron chi connectivity index (χ1n) is 14.7. The maximum Gasteiger partial charge on any atom is 0.408 e. The second kappa shape index (κ2) is 11.1. The first-order valence-corrected chi connectivity index (χ1v) is 14.7. The fourth-order valence-corrected chi connectivity index (χ4v) is 7.04. The molecule has 5 rings (SSSR count). The number of carbonyl (C=O) groups excluding carboxylic acids is 1.